The van der Waals surface area contributed by atoms with Crippen LogP contribution in [0.15, 0.2) is 48.2 Å². The fourth-order valence-corrected chi connectivity index (χ4v) is 3.61. The summed E-state index contributed by atoms with van der Waals surface area (Å²) in [6, 6.07) is 6.31. The number of benzene rings is 1. The highest BCUT2D eigenvalue weighted by atomic mass is 19.1. The second-order valence-corrected chi connectivity index (χ2v) is 8.24. The fraction of sp³-hybridized carbons (Fsp3) is 0.538. The van der Waals surface area contributed by atoms with Gasteiger partial charge in [-0.05, 0) is 50.5 Å². The lowest BCUT2D eigenvalue weighted by Crippen LogP contribution is -2.43. The maximum absolute atomic E-state index is 13.7. The van der Waals surface area contributed by atoms with Gasteiger partial charge in [-0.3, -0.25) is 9.59 Å². The maximum atomic E-state index is 13.7. The van der Waals surface area contributed by atoms with Gasteiger partial charge in [0.15, 0.2) is 0 Å². The molecule has 0 N–H and O–H groups in total. The van der Waals surface area contributed by atoms with Crippen molar-refractivity contribution in [3.8, 4) is 0 Å². The monoisotopic (exact) mass is 430 g/mol. The molecule has 1 atom stereocenters. The molecule has 1 aliphatic rings. The van der Waals surface area contributed by atoms with Crippen molar-refractivity contribution < 1.29 is 14.0 Å². The van der Waals surface area contributed by atoms with Crippen LogP contribution in [0.4, 0.5) is 4.39 Å². The number of hydrogen-bond acceptors (Lipinski definition) is 2. The van der Waals surface area contributed by atoms with Crippen molar-refractivity contribution in [1.29, 1.82) is 0 Å². The number of likely N-dealkylation sites (tertiary alicyclic amines) is 1. The van der Waals surface area contributed by atoms with E-state index in [4.69, 9.17) is 0 Å². The van der Waals surface area contributed by atoms with E-state index in [1.165, 1.54) is 36.8 Å². The van der Waals surface area contributed by atoms with E-state index in [-0.39, 0.29) is 30.2 Å². The molecule has 0 radical (unpaired) electrons. The summed E-state index contributed by atoms with van der Waals surface area (Å²) in [5, 5.41) is 0. The molecule has 172 valence electrons. The standard InChI is InChI=1S/C22H29FN2O2.C4H10/c1-16(2)13-17(3)25(18(4)26)15-22(27)24-12-7-5-6-11-21(24)19-9-8-10-20(23)14-19;1-3-4-2/h8-10,13-14,21H,1,5-7,11-12,15H2,2-4H3;3-4H2,1-2H3/b17-13-;/t21-;/m1./s1. The molecule has 0 aliphatic carbocycles. The molecule has 0 unspecified atom stereocenters. The van der Waals surface area contributed by atoms with Gasteiger partial charge in [0, 0.05) is 19.2 Å². The summed E-state index contributed by atoms with van der Waals surface area (Å²) in [4.78, 5) is 28.5. The molecule has 2 amide bonds. The second-order valence-electron chi connectivity index (χ2n) is 8.24. The van der Waals surface area contributed by atoms with Crippen molar-refractivity contribution in [2.45, 2.75) is 79.2 Å². The summed E-state index contributed by atoms with van der Waals surface area (Å²) in [5.74, 6) is -0.596. The number of amides is 2. The molecule has 1 aliphatic heterocycles. The number of carbonyl (C=O) groups excluding carboxylic acids is 2. The summed E-state index contributed by atoms with van der Waals surface area (Å²) in [6.45, 7) is 13.9. The average molecular weight is 431 g/mol. The molecule has 0 saturated carbocycles. The molecular formula is C26H39FN2O2. The normalized spacial score (nSPS) is 16.6. The van der Waals surface area contributed by atoms with E-state index in [0.29, 0.717) is 12.2 Å². The van der Waals surface area contributed by atoms with Crippen LogP contribution in [0.3, 0.4) is 0 Å². The van der Waals surface area contributed by atoms with Gasteiger partial charge >= 0.3 is 0 Å². The van der Waals surface area contributed by atoms with Gasteiger partial charge in [0.2, 0.25) is 11.8 Å². The summed E-state index contributed by atoms with van der Waals surface area (Å²) in [7, 11) is 0. The highest BCUT2D eigenvalue weighted by Crippen LogP contribution is 2.30. The number of nitrogens with zero attached hydrogens (tertiary/aromatic N) is 2. The number of carbonyl (C=O) groups is 2. The van der Waals surface area contributed by atoms with E-state index in [0.717, 1.165) is 36.8 Å². The van der Waals surface area contributed by atoms with Gasteiger partial charge in [0.25, 0.3) is 0 Å². The molecule has 0 bridgehead atoms. The van der Waals surface area contributed by atoms with Crippen molar-refractivity contribution in [2.24, 2.45) is 0 Å². The SMILES string of the molecule is C=C(C)/C=C(/C)N(CC(=O)N1CCCCC[C@@H]1c1cccc(F)c1)C(C)=O.CCCC. The lowest BCUT2D eigenvalue weighted by atomic mass is 10.0. The Labute approximate surface area is 187 Å². The number of unbranched alkanes of at least 4 members (excludes halogenated alkanes) is 1. The van der Waals surface area contributed by atoms with Crippen molar-refractivity contribution in [1.82, 2.24) is 9.80 Å². The molecular weight excluding hydrogens is 391 g/mol. The van der Waals surface area contributed by atoms with Gasteiger partial charge in [-0.25, -0.2) is 4.39 Å². The fourth-order valence-electron chi connectivity index (χ4n) is 3.61. The first-order valence-corrected chi connectivity index (χ1v) is 11.4. The van der Waals surface area contributed by atoms with E-state index in [9.17, 15) is 14.0 Å². The van der Waals surface area contributed by atoms with Crippen molar-refractivity contribution in [3.05, 3.63) is 59.6 Å². The Balaban J connectivity index is 0.00000110. The Kier molecular flexibility index (Phi) is 11.8. The molecule has 2 rings (SSSR count). The first-order valence-electron chi connectivity index (χ1n) is 11.4. The van der Waals surface area contributed by atoms with Gasteiger partial charge < -0.3 is 9.80 Å². The zero-order valence-corrected chi connectivity index (χ0v) is 19.9. The van der Waals surface area contributed by atoms with Gasteiger partial charge in [0.05, 0.1) is 6.04 Å². The van der Waals surface area contributed by atoms with Gasteiger partial charge in [-0.2, -0.15) is 0 Å². The molecule has 1 aromatic carbocycles. The first kappa shape index (κ1) is 26.6. The molecule has 1 heterocycles. The minimum atomic E-state index is -0.297. The van der Waals surface area contributed by atoms with Crippen LogP contribution < -0.4 is 0 Å². The Morgan fingerprint density at radius 2 is 1.84 bits per heavy atom. The van der Waals surface area contributed by atoms with Crippen LogP contribution in [0.5, 0.6) is 0 Å². The third-order valence-electron chi connectivity index (χ3n) is 5.36. The molecule has 0 aromatic heterocycles. The summed E-state index contributed by atoms with van der Waals surface area (Å²) in [6.07, 6.45) is 8.19. The molecule has 4 nitrogen and oxygen atoms in total. The zero-order chi connectivity index (χ0) is 23.4. The van der Waals surface area contributed by atoms with Gasteiger partial charge in [-0.1, -0.05) is 63.8 Å². The average Bonchev–Trinajstić information content (AvgIpc) is 2.97. The minimum absolute atomic E-state index is 0.0171. The lowest BCUT2D eigenvalue weighted by Gasteiger charge is -2.33. The topological polar surface area (TPSA) is 40.6 Å². The Morgan fingerprint density at radius 1 is 1.16 bits per heavy atom. The molecule has 1 fully saturated rings. The number of halogens is 1. The number of hydrogen-bond donors (Lipinski definition) is 0. The van der Waals surface area contributed by atoms with Crippen LogP contribution in [0, 0.1) is 5.82 Å². The van der Waals surface area contributed by atoms with Gasteiger partial charge in [-0.15, -0.1) is 0 Å². The number of rotatable bonds is 6. The predicted octanol–water partition coefficient (Wildman–Crippen LogP) is 6.40. The van der Waals surface area contributed by atoms with Crippen molar-refractivity contribution in [2.75, 3.05) is 13.1 Å². The predicted molar refractivity (Wildman–Crippen MR) is 126 cm³/mol. The van der Waals surface area contributed by atoms with E-state index < -0.39 is 0 Å². The zero-order valence-electron chi connectivity index (χ0n) is 19.9. The largest absolute Gasteiger partial charge is 0.334 e. The molecule has 31 heavy (non-hydrogen) atoms. The third-order valence-corrected chi connectivity index (χ3v) is 5.36. The number of allylic oxidation sites excluding steroid dienone is 3. The maximum Gasteiger partial charge on any atom is 0.243 e. The molecule has 1 aromatic rings. The Morgan fingerprint density at radius 3 is 2.39 bits per heavy atom. The highest BCUT2D eigenvalue weighted by molar-refractivity contribution is 5.85. The van der Waals surface area contributed by atoms with Gasteiger partial charge in [0.1, 0.15) is 12.4 Å². The van der Waals surface area contributed by atoms with E-state index in [1.807, 2.05) is 17.9 Å². The van der Waals surface area contributed by atoms with Crippen molar-refractivity contribution >= 4 is 11.8 Å². The molecule has 1 saturated heterocycles. The summed E-state index contributed by atoms with van der Waals surface area (Å²) in [5.41, 5.74) is 2.33. The van der Waals surface area contributed by atoms with Crippen LogP contribution in [0.1, 0.15) is 84.7 Å². The van der Waals surface area contributed by atoms with E-state index >= 15 is 0 Å². The van der Waals surface area contributed by atoms with E-state index in [1.54, 1.807) is 19.1 Å². The second kappa shape index (κ2) is 13.8. The summed E-state index contributed by atoms with van der Waals surface area (Å²) >= 11 is 0. The van der Waals surface area contributed by atoms with Crippen LogP contribution in [-0.2, 0) is 9.59 Å². The third kappa shape index (κ3) is 9.07. The van der Waals surface area contributed by atoms with Crippen molar-refractivity contribution in [3.63, 3.8) is 0 Å². The minimum Gasteiger partial charge on any atom is -0.334 e. The molecule has 0 spiro atoms. The lowest BCUT2D eigenvalue weighted by molar-refractivity contribution is -0.139. The highest BCUT2D eigenvalue weighted by Gasteiger charge is 2.29. The first-order chi connectivity index (χ1) is 14.7. The van der Waals surface area contributed by atoms with Crippen LogP contribution in [0.2, 0.25) is 0 Å². The van der Waals surface area contributed by atoms with E-state index in [2.05, 4.69) is 20.4 Å². The molecule has 5 heteroatoms. The summed E-state index contributed by atoms with van der Waals surface area (Å²) < 4.78 is 13.7. The smallest absolute Gasteiger partial charge is 0.243 e. The quantitative estimate of drug-likeness (QED) is 0.490. The van der Waals surface area contributed by atoms with Crippen LogP contribution in [-0.4, -0.2) is 34.7 Å². The van der Waals surface area contributed by atoms with Crippen LogP contribution >= 0.6 is 0 Å². The Hall–Kier alpha value is -2.43. The van der Waals surface area contributed by atoms with Crippen LogP contribution in [0.25, 0.3) is 0 Å². The Bertz CT molecular complexity index is 770.